The van der Waals surface area contributed by atoms with Crippen molar-refractivity contribution < 1.29 is 10.0 Å². The number of anilines is 1. The van der Waals surface area contributed by atoms with Gasteiger partial charge in [0.05, 0.1) is 0 Å². The summed E-state index contributed by atoms with van der Waals surface area (Å²) in [6.07, 6.45) is 4.70. The fraction of sp³-hybridized carbons (Fsp3) is 0.294. The van der Waals surface area contributed by atoms with Gasteiger partial charge in [-0.25, -0.2) is 10.5 Å². The number of nitrogens with one attached hydrogen (secondary N) is 2. The van der Waals surface area contributed by atoms with Gasteiger partial charge in [-0.05, 0) is 61.1 Å². The van der Waals surface area contributed by atoms with Crippen LogP contribution in [0.15, 0.2) is 36.5 Å². The Labute approximate surface area is 129 Å². The zero-order valence-corrected chi connectivity index (χ0v) is 12.5. The number of pyridine rings is 1. The Hall–Kier alpha value is -2.40. The molecule has 0 saturated carbocycles. The van der Waals surface area contributed by atoms with Crippen LogP contribution in [0.4, 0.5) is 5.82 Å². The summed E-state index contributed by atoms with van der Waals surface area (Å²) in [4.78, 5) is 15.9. The summed E-state index contributed by atoms with van der Waals surface area (Å²) in [6.45, 7) is 2.02. The van der Waals surface area contributed by atoms with Crippen LogP contribution in [-0.2, 0) is 12.8 Å². The summed E-state index contributed by atoms with van der Waals surface area (Å²) >= 11 is 0. The van der Waals surface area contributed by atoms with Crippen molar-refractivity contribution in [2.75, 3.05) is 5.32 Å². The molecule has 3 N–H and O–H groups in total. The van der Waals surface area contributed by atoms with Crippen LogP contribution in [0.25, 0.3) is 0 Å². The highest BCUT2D eigenvalue weighted by atomic mass is 16.5. The molecule has 3 rings (SSSR count). The number of hydroxylamine groups is 1. The number of nitrogens with zero attached hydrogens (tertiary/aromatic N) is 1. The number of rotatable bonds is 3. The van der Waals surface area contributed by atoms with E-state index in [0.29, 0.717) is 11.6 Å². The lowest BCUT2D eigenvalue weighted by Crippen LogP contribution is -2.28. The number of benzene rings is 1. The minimum absolute atomic E-state index is 0.301. The molecule has 1 unspecified atom stereocenters. The van der Waals surface area contributed by atoms with Gasteiger partial charge in [0.2, 0.25) is 0 Å². The zero-order valence-electron chi connectivity index (χ0n) is 12.5. The first-order valence-corrected chi connectivity index (χ1v) is 7.41. The van der Waals surface area contributed by atoms with E-state index in [1.165, 1.54) is 5.56 Å². The molecule has 0 radical (unpaired) electrons. The lowest BCUT2D eigenvalue weighted by atomic mass is 9.87. The van der Waals surface area contributed by atoms with Crippen molar-refractivity contribution in [2.24, 2.45) is 0 Å². The molecule has 5 nitrogen and oxygen atoms in total. The number of aryl methyl sites for hydroxylation is 2. The molecule has 1 heterocycles. The Morgan fingerprint density at radius 3 is 2.86 bits per heavy atom. The lowest BCUT2D eigenvalue weighted by Gasteiger charge is -2.26. The van der Waals surface area contributed by atoms with E-state index >= 15 is 0 Å². The SMILES string of the molecule is Cc1ccc(NC2CCc3ccc(C(=O)NO)cc3C2)nc1. The van der Waals surface area contributed by atoms with E-state index in [-0.39, 0.29) is 0 Å². The molecule has 2 aromatic rings. The van der Waals surface area contributed by atoms with Crippen molar-refractivity contribution in [1.29, 1.82) is 0 Å². The van der Waals surface area contributed by atoms with Crippen LogP contribution in [0, 0.1) is 6.92 Å². The molecule has 1 aromatic carbocycles. The van der Waals surface area contributed by atoms with E-state index in [9.17, 15) is 4.79 Å². The highest BCUT2D eigenvalue weighted by Crippen LogP contribution is 2.24. The number of aromatic nitrogens is 1. The van der Waals surface area contributed by atoms with Gasteiger partial charge in [-0.2, -0.15) is 0 Å². The maximum Gasteiger partial charge on any atom is 0.274 e. The number of amides is 1. The molecular formula is C17H19N3O2. The molecule has 114 valence electrons. The Bertz CT molecular complexity index is 683. The Kier molecular flexibility index (Phi) is 4.06. The van der Waals surface area contributed by atoms with Crippen molar-refractivity contribution in [3.63, 3.8) is 0 Å². The molecule has 0 fully saturated rings. The maximum atomic E-state index is 11.5. The van der Waals surface area contributed by atoms with Crippen LogP contribution in [0.2, 0.25) is 0 Å². The molecule has 5 heteroatoms. The largest absolute Gasteiger partial charge is 0.367 e. The number of carbonyl (C=O) groups is 1. The van der Waals surface area contributed by atoms with Crippen LogP contribution in [0.3, 0.4) is 0 Å². The van der Waals surface area contributed by atoms with Gasteiger partial charge >= 0.3 is 0 Å². The summed E-state index contributed by atoms with van der Waals surface area (Å²) in [5.74, 6) is 0.404. The first-order valence-electron chi connectivity index (χ1n) is 7.41. The summed E-state index contributed by atoms with van der Waals surface area (Å²) in [6, 6.07) is 9.91. The fourth-order valence-electron chi connectivity index (χ4n) is 2.85. The Balaban J connectivity index is 1.74. The van der Waals surface area contributed by atoms with Gasteiger partial charge in [0.1, 0.15) is 5.82 Å². The molecule has 22 heavy (non-hydrogen) atoms. The second kappa shape index (κ2) is 6.15. The van der Waals surface area contributed by atoms with E-state index in [1.807, 2.05) is 37.4 Å². The van der Waals surface area contributed by atoms with Crippen LogP contribution >= 0.6 is 0 Å². The van der Waals surface area contributed by atoms with Crippen molar-refractivity contribution >= 4 is 11.7 Å². The van der Waals surface area contributed by atoms with Crippen LogP contribution < -0.4 is 10.8 Å². The van der Waals surface area contributed by atoms with Gasteiger partial charge < -0.3 is 5.32 Å². The predicted molar refractivity (Wildman–Crippen MR) is 84.1 cm³/mol. The predicted octanol–water partition coefficient (Wildman–Crippen LogP) is 2.48. The second-order valence-electron chi connectivity index (χ2n) is 5.73. The van der Waals surface area contributed by atoms with Gasteiger partial charge in [-0.1, -0.05) is 12.1 Å². The van der Waals surface area contributed by atoms with Crippen LogP contribution in [0.5, 0.6) is 0 Å². The van der Waals surface area contributed by atoms with E-state index < -0.39 is 5.91 Å². The van der Waals surface area contributed by atoms with E-state index in [0.717, 1.165) is 36.2 Å². The van der Waals surface area contributed by atoms with Crippen LogP contribution in [0.1, 0.15) is 33.5 Å². The third kappa shape index (κ3) is 3.09. The monoisotopic (exact) mass is 297 g/mol. The number of fused-ring (bicyclic) bond motifs is 1. The zero-order chi connectivity index (χ0) is 15.5. The smallest absolute Gasteiger partial charge is 0.274 e. The van der Waals surface area contributed by atoms with E-state index in [4.69, 9.17) is 5.21 Å². The summed E-state index contributed by atoms with van der Waals surface area (Å²) in [5, 5.41) is 12.2. The van der Waals surface area contributed by atoms with Crippen molar-refractivity contribution in [3.8, 4) is 0 Å². The summed E-state index contributed by atoms with van der Waals surface area (Å²) in [7, 11) is 0. The van der Waals surface area contributed by atoms with Crippen molar-refractivity contribution in [1.82, 2.24) is 10.5 Å². The van der Waals surface area contributed by atoms with Gasteiger partial charge in [-0.3, -0.25) is 10.0 Å². The topological polar surface area (TPSA) is 74.2 Å². The minimum Gasteiger partial charge on any atom is -0.367 e. The highest BCUT2D eigenvalue weighted by molar-refractivity contribution is 5.93. The molecule has 0 bridgehead atoms. The van der Waals surface area contributed by atoms with Gasteiger partial charge in [0, 0.05) is 17.8 Å². The second-order valence-corrected chi connectivity index (χ2v) is 5.73. The molecule has 0 saturated heterocycles. The molecule has 1 aliphatic carbocycles. The van der Waals surface area contributed by atoms with Gasteiger partial charge in [-0.15, -0.1) is 0 Å². The lowest BCUT2D eigenvalue weighted by molar-refractivity contribution is 0.0706. The fourth-order valence-corrected chi connectivity index (χ4v) is 2.85. The first kappa shape index (κ1) is 14.5. The third-order valence-corrected chi connectivity index (χ3v) is 4.06. The normalized spacial score (nSPS) is 16.7. The van der Waals surface area contributed by atoms with Crippen molar-refractivity contribution in [3.05, 3.63) is 58.8 Å². The first-order chi connectivity index (χ1) is 10.7. The number of carbonyl (C=O) groups excluding carboxylic acids is 1. The summed E-state index contributed by atoms with van der Waals surface area (Å²) in [5.41, 5.74) is 5.72. The molecule has 1 aromatic heterocycles. The van der Waals surface area contributed by atoms with Crippen LogP contribution in [-0.4, -0.2) is 22.1 Å². The van der Waals surface area contributed by atoms with E-state index in [2.05, 4.69) is 10.3 Å². The average Bonchev–Trinajstić information content (AvgIpc) is 2.55. The number of hydrogen-bond donors (Lipinski definition) is 3. The quantitative estimate of drug-likeness (QED) is 0.601. The average molecular weight is 297 g/mol. The third-order valence-electron chi connectivity index (χ3n) is 4.06. The summed E-state index contributed by atoms with van der Waals surface area (Å²) < 4.78 is 0. The Morgan fingerprint density at radius 1 is 1.27 bits per heavy atom. The number of hydrogen-bond acceptors (Lipinski definition) is 4. The molecular weight excluding hydrogens is 278 g/mol. The molecule has 1 amide bonds. The maximum absolute atomic E-state index is 11.5. The van der Waals surface area contributed by atoms with Gasteiger partial charge in [0.25, 0.3) is 5.91 Å². The molecule has 1 atom stereocenters. The highest BCUT2D eigenvalue weighted by Gasteiger charge is 2.20. The standard InChI is InChI=1S/C17H19N3O2/c1-11-2-7-16(18-10-11)19-15-6-5-12-3-4-13(17(21)20-22)8-14(12)9-15/h2-4,7-8,10,15,22H,5-6,9H2,1H3,(H,18,19)(H,20,21). The van der Waals surface area contributed by atoms with E-state index in [1.54, 1.807) is 11.5 Å². The molecule has 1 aliphatic rings. The molecule has 0 spiro atoms. The van der Waals surface area contributed by atoms with Crippen molar-refractivity contribution in [2.45, 2.75) is 32.2 Å². The van der Waals surface area contributed by atoms with Gasteiger partial charge in [0.15, 0.2) is 0 Å². The molecule has 0 aliphatic heterocycles. The Morgan fingerprint density at radius 2 is 2.14 bits per heavy atom. The minimum atomic E-state index is -0.474.